The maximum Gasteiger partial charge on any atom is 0.253 e. The maximum atomic E-state index is 13.4. The topological polar surface area (TPSA) is 76.1 Å². The first-order valence-corrected chi connectivity index (χ1v) is 11.8. The quantitative estimate of drug-likeness (QED) is 0.650. The van der Waals surface area contributed by atoms with Crippen molar-refractivity contribution in [2.75, 3.05) is 27.8 Å². The van der Waals surface area contributed by atoms with E-state index in [0.29, 0.717) is 18.7 Å². The summed E-state index contributed by atoms with van der Waals surface area (Å²) < 4.78 is 38.8. The highest BCUT2D eigenvalue weighted by atomic mass is 32.2. The van der Waals surface area contributed by atoms with E-state index in [-0.39, 0.29) is 22.6 Å². The van der Waals surface area contributed by atoms with Gasteiger partial charge in [-0.2, -0.15) is 4.31 Å². The van der Waals surface area contributed by atoms with Crippen LogP contribution in [0.25, 0.3) is 0 Å². The maximum absolute atomic E-state index is 13.4. The van der Waals surface area contributed by atoms with E-state index < -0.39 is 10.0 Å². The lowest BCUT2D eigenvalue weighted by molar-refractivity contribution is 0.0785. The third kappa shape index (κ3) is 5.02. The van der Waals surface area contributed by atoms with Crippen LogP contribution in [0.3, 0.4) is 0 Å². The zero-order valence-electron chi connectivity index (χ0n) is 18.5. The van der Waals surface area contributed by atoms with Crippen molar-refractivity contribution in [2.45, 2.75) is 43.7 Å². The average molecular weight is 447 g/mol. The van der Waals surface area contributed by atoms with Gasteiger partial charge in [0.2, 0.25) is 10.0 Å². The molecule has 0 aliphatic carbocycles. The number of amides is 1. The molecule has 0 N–H and O–H groups in total. The Hall–Kier alpha value is -2.58. The van der Waals surface area contributed by atoms with E-state index in [1.165, 1.54) is 17.5 Å². The van der Waals surface area contributed by atoms with Gasteiger partial charge < -0.3 is 14.4 Å². The third-order valence-electron chi connectivity index (χ3n) is 5.66. The second-order valence-corrected chi connectivity index (χ2v) is 9.69. The van der Waals surface area contributed by atoms with Crippen molar-refractivity contribution < 1.29 is 22.7 Å². The molecule has 1 heterocycles. The molecule has 1 amide bonds. The van der Waals surface area contributed by atoms with Crippen LogP contribution in [0.1, 0.15) is 42.1 Å². The monoisotopic (exact) mass is 446 g/mol. The summed E-state index contributed by atoms with van der Waals surface area (Å²) in [5.41, 5.74) is 1.25. The number of rotatable bonds is 7. The van der Waals surface area contributed by atoms with Gasteiger partial charge in [0.1, 0.15) is 16.4 Å². The molecular formula is C23H30N2O5S. The van der Waals surface area contributed by atoms with Gasteiger partial charge in [0, 0.05) is 31.7 Å². The Morgan fingerprint density at radius 3 is 2.42 bits per heavy atom. The Morgan fingerprint density at radius 1 is 1.10 bits per heavy atom. The SMILES string of the molecule is COc1ccc(CN(C)C(=O)c2ccc(OC)c(S(=O)(=O)N3CCCCC3C)c2)cc1. The molecule has 1 unspecified atom stereocenters. The number of ether oxygens (including phenoxy) is 2. The molecule has 2 aromatic rings. The van der Waals surface area contributed by atoms with Gasteiger partial charge in [0.15, 0.2) is 0 Å². The molecule has 2 aromatic carbocycles. The highest BCUT2D eigenvalue weighted by Crippen LogP contribution is 2.32. The summed E-state index contributed by atoms with van der Waals surface area (Å²) >= 11 is 0. The summed E-state index contributed by atoms with van der Waals surface area (Å²) in [6, 6.07) is 12.0. The molecule has 0 aromatic heterocycles. The van der Waals surface area contributed by atoms with Crippen molar-refractivity contribution in [1.29, 1.82) is 0 Å². The number of nitrogens with zero attached hydrogens (tertiary/aromatic N) is 2. The van der Waals surface area contributed by atoms with Crippen LogP contribution in [0.5, 0.6) is 11.5 Å². The molecule has 31 heavy (non-hydrogen) atoms. The van der Waals surface area contributed by atoms with Gasteiger partial charge in [-0.1, -0.05) is 18.6 Å². The van der Waals surface area contributed by atoms with Gasteiger partial charge in [-0.05, 0) is 55.7 Å². The molecule has 0 bridgehead atoms. The van der Waals surface area contributed by atoms with Gasteiger partial charge in [-0.3, -0.25) is 4.79 Å². The molecule has 1 fully saturated rings. The van der Waals surface area contributed by atoms with Crippen molar-refractivity contribution in [2.24, 2.45) is 0 Å². The van der Waals surface area contributed by atoms with Gasteiger partial charge in [-0.15, -0.1) is 0 Å². The van der Waals surface area contributed by atoms with E-state index in [1.54, 1.807) is 31.2 Å². The van der Waals surface area contributed by atoms with E-state index in [2.05, 4.69) is 0 Å². The second kappa shape index (κ2) is 9.70. The summed E-state index contributed by atoms with van der Waals surface area (Å²) in [7, 11) is 0.951. The highest BCUT2D eigenvalue weighted by Gasteiger charge is 2.33. The molecule has 1 aliphatic heterocycles. The minimum absolute atomic E-state index is 0.0347. The van der Waals surface area contributed by atoms with E-state index in [4.69, 9.17) is 9.47 Å². The minimum atomic E-state index is -3.78. The van der Waals surface area contributed by atoms with Gasteiger partial charge in [-0.25, -0.2) is 8.42 Å². The van der Waals surface area contributed by atoms with Crippen LogP contribution < -0.4 is 9.47 Å². The van der Waals surface area contributed by atoms with E-state index in [1.807, 2.05) is 31.2 Å². The summed E-state index contributed by atoms with van der Waals surface area (Å²) in [5.74, 6) is 0.725. The van der Waals surface area contributed by atoms with Crippen LogP contribution in [0.15, 0.2) is 47.4 Å². The fraction of sp³-hybridized carbons (Fsp3) is 0.435. The molecule has 168 valence electrons. The van der Waals surface area contributed by atoms with Crippen molar-refractivity contribution in [3.63, 3.8) is 0 Å². The minimum Gasteiger partial charge on any atom is -0.497 e. The van der Waals surface area contributed by atoms with Crippen LogP contribution in [-0.2, 0) is 16.6 Å². The average Bonchev–Trinajstić information content (AvgIpc) is 2.78. The molecule has 1 aliphatic rings. The third-order valence-corrected chi connectivity index (χ3v) is 7.70. The van der Waals surface area contributed by atoms with Gasteiger partial charge in [0.05, 0.1) is 14.2 Å². The Bertz CT molecular complexity index is 1020. The number of methoxy groups -OCH3 is 2. The summed E-state index contributed by atoms with van der Waals surface area (Å²) in [4.78, 5) is 14.6. The molecule has 1 saturated heterocycles. The standard InChI is InChI=1S/C23H30N2O5S/c1-17-7-5-6-14-25(17)31(27,28)22-15-19(10-13-21(22)30-4)23(26)24(2)16-18-8-11-20(29-3)12-9-18/h8-13,15,17H,5-7,14,16H2,1-4H3. The lowest BCUT2D eigenvalue weighted by Crippen LogP contribution is -2.42. The van der Waals surface area contributed by atoms with Gasteiger partial charge in [0.25, 0.3) is 5.91 Å². The van der Waals surface area contributed by atoms with Crippen molar-refractivity contribution in [3.05, 3.63) is 53.6 Å². The number of piperidine rings is 1. The van der Waals surface area contributed by atoms with E-state index in [9.17, 15) is 13.2 Å². The molecule has 0 spiro atoms. The number of hydrogen-bond acceptors (Lipinski definition) is 5. The Balaban J connectivity index is 1.87. The molecular weight excluding hydrogens is 416 g/mol. The normalized spacial score (nSPS) is 17.2. The molecule has 0 saturated carbocycles. The fourth-order valence-electron chi connectivity index (χ4n) is 3.86. The van der Waals surface area contributed by atoms with Gasteiger partial charge >= 0.3 is 0 Å². The largest absolute Gasteiger partial charge is 0.497 e. The summed E-state index contributed by atoms with van der Waals surface area (Å²) in [6.45, 7) is 2.78. The van der Waals surface area contributed by atoms with E-state index in [0.717, 1.165) is 30.6 Å². The summed E-state index contributed by atoms with van der Waals surface area (Å²) in [5, 5.41) is 0. The Morgan fingerprint density at radius 2 is 1.81 bits per heavy atom. The van der Waals surface area contributed by atoms with Crippen molar-refractivity contribution >= 4 is 15.9 Å². The number of carbonyl (C=O) groups is 1. The smallest absolute Gasteiger partial charge is 0.253 e. The van der Waals surface area contributed by atoms with Crippen molar-refractivity contribution in [1.82, 2.24) is 9.21 Å². The second-order valence-electron chi connectivity index (χ2n) is 7.84. The number of carbonyl (C=O) groups excluding carboxylic acids is 1. The number of benzene rings is 2. The lowest BCUT2D eigenvalue weighted by Gasteiger charge is -2.32. The zero-order chi connectivity index (χ0) is 22.6. The van der Waals surface area contributed by atoms with Crippen LogP contribution in [-0.4, -0.2) is 57.4 Å². The lowest BCUT2D eigenvalue weighted by atomic mass is 10.1. The Labute approximate surface area is 184 Å². The molecule has 0 radical (unpaired) electrons. The van der Waals surface area contributed by atoms with E-state index >= 15 is 0 Å². The molecule has 8 heteroatoms. The van der Waals surface area contributed by atoms with Crippen molar-refractivity contribution in [3.8, 4) is 11.5 Å². The first-order chi connectivity index (χ1) is 14.8. The fourth-order valence-corrected chi connectivity index (χ4v) is 5.75. The first-order valence-electron chi connectivity index (χ1n) is 10.4. The predicted octanol–water partition coefficient (Wildman–Crippen LogP) is 3.54. The molecule has 3 rings (SSSR count). The van der Waals surface area contributed by atoms with Crippen LogP contribution in [0, 0.1) is 0 Å². The molecule has 1 atom stereocenters. The predicted molar refractivity (Wildman–Crippen MR) is 119 cm³/mol. The van der Waals surface area contributed by atoms with Crippen LogP contribution in [0.2, 0.25) is 0 Å². The zero-order valence-corrected chi connectivity index (χ0v) is 19.3. The number of sulfonamides is 1. The van der Waals surface area contributed by atoms with Crippen LogP contribution >= 0.6 is 0 Å². The molecule has 7 nitrogen and oxygen atoms in total. The van der Waals surface area contributed by atoms with Crippen LogP contribution in [0.4, 0.5) is 0 Å². The highest BCUT2D eigenvalue weighted by molar-refractivity contribution is 7.89. The summed E-state index contributed by atoms with van der Waals surface area (Å²) in [6.07, 6.45) is 2.67. The first kappa shape index (κ1) is 23.1. The Kier molecular flexibility index (Phi) is 7.23. The number of hydrogen-bond donors (Lipinski definition) is 0.